The lowest BCUT2D eigenvalue weighted by Gasteiger charge is -2.06. The first-order chi connectivity index (χ1) is 6.24. The van der Waals surface area contributed by atoms with E-state index in [4.69, 9.17) is 0 Å². The fourth-order valence-corrected chi connectivity index (χ4v) is 1.61. The minimum atomic E-state index is 0.00918. The van der Waals surface area contributed by atoms with E-state index in [1.807, 2.05) is 0 Å². The summed E-state index contributed by atoms with van der Waals surface area (Å²) < 4.78 is 0. The zero-order valence-corrected chi connectivity index (χ0v) is 7.92. The minimum absolute atomic E-state index is 0.00918. The summed E-state index contributed by atoms with van der Waals surface area (Å²) in [5, 5.41) is 0. The van der Waals surface area contributed by atoms with E-state index < -0.39 is 0 Å². The molecule has 0 spiro atoms. The van der Waals surface area contributed by atoms with Crippen LogP contribution in [0, 0.1) is 12.3 Å². The molecule has 1 nitrogen and oxygen atoms in total. The molecule has 0 saturated heterocycles. The summed E-state index contributed by atoms with van der Waals surface area (Å²) in [5.41, 5.74) is 2.57. The van der Waals surface area contributed by atoms with Gasteiger partial charge in [-0.25, -0.2) is 0 Å². The van der Waals surface area contributed by atoms with Gasteiger partial charge in [-0.15, -0.1) is 0 Å². The van der Waals surface area contributed by atoms with E-state index in [0.29, 0.717) is 0 Å². The van der Waals surface area contributed by atoms with Crippen molar-refractivity contribution in [3.63, 3.8) is 0 Å². The molecule has 0 amide bonds. The Morgan fingerprint density at radius 1 is 1.31 bits per heavy atom. The fraction of sp³-hybridized carbons (Fsp3) is 0.417. The number of aryl methyl sites for hydroxylation is 1. The molecule has 2 rings (SSSR count). The van der Waals surface area contributed by atoms with Crippen LogP contribution in [0.1, 0.15) is 24.0 Å². The van der Waals surface area contributed by atoms with Gasteiger partial charge in [0, 0.05) is 5.41 Å². The normalized spacial score (nSPS) is 18.2. The second kappa shape index (κ2) is 2.99. The maximum Gasteiger partial charge on any atom is 0.126 e. The third-order valence-corrected chi connectivity index (χ3v) is 2.82. The Bertz CT molecular complexity index is 306. The second-order valence-electron chi connectivity index (χ2n) is 4.14. The summed E-state index contributed by atoms with van der Waals surface area (Å²) in [7, 11) is 0. The molecule has 1 aliphatic carbocycles. The number of aldehydes is 1. The SMILES string of the molecule is Cc1ccc(CC2(C=O)CC2)cc1. The maximum absolute atomic E-state index is 10.8. The quantitative estimate of drug-likeness (QED) is 0.643. The Labute approximate surface area is 78.8 Å². The summed E-state index contributed by atoms with van der Waals surface area (Å²) in [6.45, 7) is 2.08. The second-order valence-corrected chi connectivity index (χ2v) is 4.14. The van der Waals surface area contributed by atoms with E-state index in [1.54, 1.807) is 0 Å². The number of carbonyl (C=O) groups is 1. The van der Waals surface area contributed by atoms with Crippen LogP contribution in [0.5, 0.6) is 0 Å². The monoisotopic (exact) mass is 174 g/mol. The third-order valence-electron chi connectivity index (χ3n) is 2.82. The highest BCUT2D eigenvalue weighted by Gasteiger charge is 2.42. The zero-order valence-electron chi connectivity index (χ0n) is 7.92. The molecule has 1 aliphatic rings. The average molecular weight is 174 g/mol. The van der Waals surface area contributed by atoms with Crippen molar-refractivity contribution in [2.24, 2.45) is 5.41 Å². The lowest BCUT2D eigenvalue weighted by atomic mass is 9.97. The molecule has 13 heavy (non-hydrogen) atoms. The highest BCUT2D eigenvalue weighted by atomic mass is 16.1. The maximum atomic E-state index is 10.8. The number of hydrogen-bond donors (Lipinski definition) is 0. The van der Waals surface area contributed by atoms with Gasteiger partial charge in [-0.3, -0.25) is 0 Å². The Hall–Kier alpha value is -1.11. The molecule has 0 aliphatic heterocycles. The zero-order chi connectivity index (χ0) is 9.31. The predicted molar refractivity (Wildman–Crippen MR) is 52.6 cm³/mol. The highest BCUT2D eigenvalue weighted by Crippen LogP contribution is 2.46. The largest absolute Gasteiger partial charge is 0.303 e. The molecule has 0 unspecified atom stereocenters. The average Bonchev–Trinajstić information content (AvgIpc) is 2.90. The van der Waals surface area contributed by atoms with Crippen molar-refractivity contribution >= 4 is 6.29 Å². The molecule has 0 heterocycles. The van der Waals surface area contributed by atoms with Crippen molar-refractivity contribution in [1.29, 1.82) is 0 Å². The van der Waals surface area contributed by atoms with E-state index >= 15 is 0 Å². The van der Waals surface area contributed by atoms with Gasteiger partial charge >= 0.3 is 0 Å². The van der Waals surface area contributed by atoms with Crippen LogP contribution >= 0.6 is 0 Å². The molecule has 0 aromatic heterocycles. The van der Waals surface area contributed by atoms with E-state index in [2.05, 4.69) is 31.2 Å². The summed E-state index contributed by atoms with van der Waals surface area (Å²) in [6.07, 6.45) is 4.21. The number of hydrogen-bond acceptors (Lipinski definition) is 1. The summed E-state index contributed by atoms with van der Waals surface area (Å²) >= 11 is 0. The summed E-state index contributed by atoms with van der Waals surface area (Å²) in [6, 6.07) is 8.46. The molecular formula is C12H14O. The number of benzene rings is 1. The van der Waals surface area contributed by atoms with Gasteiger partial charge in [-0.1, -0.05) is 29.8 Å². The van der Waals surface area contributed by atoms with Crippen molar-refractivity contribution < 1.29 is 4.79 Å². The van der Waals surface area contributed by atoms with E-state index in [1.165, 1.54) is 11.1 Å². The van der Waals surface area contributed by atoms with Gasteiger partial charge in [0.05, 0.1) is 0 Å². The van der Waals surface area contributed by atoms with Crippen LogP contribution < -0.4 is 0 Å². The third kappa shape index (κ3) is 1.80. The van der Waals surface area contributed by atoms with Crippen LogP contribution in [-0.4, -0.2) is 6.29 Å². The van der Waals surface area contributed by atoms with E-state index in [-0.39, 0.29) is 5.41 Å². The highest BCUT2D eigenvalue weighted by molar-refractivity contribution is 5.64. The Kier molecular flexibility index (Phi) is 1.95. The van der Waals surface area contributed by atoms with Crippen LogP contribution in [0.4, 0.5) is 0 Å². The van der Waals surface area contributed by atoms with Crippen LogP contribution in [0.15, 0.2) is 24.3 Å². The van der Waals surface area contributed by atoms with Crippen LogP contribution in [0.2, 0.25) is 0 Å². The van der Waals surface area contributed by atoms with Crippen molar-refractivity contribution in [1.82, 2.24) is 0 Å². The Morgan fingerprint density at radius 3 is 2.38 bits per heavy atom. The summed E-state index contributed by atoms with van der Waals surface area (Å²) in [5.74, 6) is 0. The van der Waals surface area contributed by atoms with Crippen molar-refractivity contribution in [2.75, 3.05) is 0 Å². The molecule has 1 aromatic carbocycles. The predicted octanol–water partition coefficient (Wildman–Crippen LogP) is 2.52. The van der Waals surface area contributed by atoms with Gasteiger partial charge in [0.2, 0.25) is 0 Å². The molecule has 0 atom stereocenters. The molecular weight excluding hydrogens is 160 g/mol. The van der Waals surface area contributed by atoms with Crippen LogP contribution in [-0.2, 0) is 11.2 Å². The van der Waals surface area contributed by atoms with E-state index in [0.717, 1.165) is 25.5 Å². The molecule has 1 fully saturated rings. The van der Waals surface area contributed by atoms with Crippen molar-refractivity contribution in [2.45, 2.75) is 26.2 Å². The molecule has 1 saturated carbocycles. The molecule has 1 aromatic rings. The van der Waals surface area contributed by atoms with Gasteiger partial charge in [0.1, 0.15) is 6.29 Å². The molecule has 0 N–H and O–H groups in total. The fourth-order valence-electron chi connectivity index (χ4n) is 1.61. The van der Waals surface area contributed by atoms with Crippen molar-refractivity contribution in [3.05, 3.63) is 35.4 Å². The van der Waals surface area contributed by atoms with E-state index in [9.17, 15) is 4.79 Å². The van der Waals surface area contributed by atoms with Gasteiger partial charge in [0.15, 0.2) is 0 Å². The van der Waals surface area contributed by atoms with Gasteiger partial charge in [-0.2, -0.15) is 0 Å². The van der Waals surface area contributed by atoms with Crippen molar-refractivity contribution in [3.8, 4) is 0 Å². The standard InChI is InChI=1S/C12H14O/c1-10-2-4-11(5-3-10)8-12(9-13)6-7-12/h2-5,9H,6-8H2,1H3. The van der Waals surface area contributed by atoms with Crippen LogP contribution in [0.25, 0.3) is 0 Å². The van der Waals surface area contributed by atoms with Crippen LogP contribution in [0.3, 0.4) is 0 Å². The smallest absolute Gasteiger partial charge is 0.126 e. The number of carbonyl (C=O) groups excluding carboxylic acids is 1. The molecule has 1 heteroatoms. The molecule has 0 radical (unpaired) electrons. The lowest BCUT2D eigenvalue weighted by Crippen LogP contribution is -2.05. The Balaban J connectivity index is 2.10. The lowest BCUT2D eigenvalue weighted by molar-refractivity contribution is -0.112. The first-order valence-electron chi connectivity index (χ1n) is 4.76. The first kappa shape index (κ1) is 8.49. The topological polar surface area (TPSA) is 17.1 Å². The van der Waals surface area contributed by atoms with Gasteiger partial charge in [0.25, 0.3) is 0 Å². The first-order valence-corrected chi connectivity index (χ1v) is 4.76. The Morgan fingerprint density at radius 2 is 1.92 bits per heavy atom. The van der Waals surface area contributed by atoms with Gasteiger partial charge in [-0.05, 0) is 31.7 Å². The number of rotatable bonds is 3. The minimum Gasteiger partial charge on any atom is -0.303 e. The molecule has 68 valence electrons. The summed E-state index contributed by atoms with van der Waals surface area (Å²) in [4.78, 5) is 10.8. The molecule has 0 bridgehead atoms. The van der Waals surface area contributed by atoms with Gasteiger partial charge < -0.3 is 4.79 Å².